The zero-order valence-electron chi connectivity index (χ0n) is 7.63. The Bertz CT molecular complexity index is 334. The minimum atomic E-state index is -0.807. The predicted octanol–water partition coefficient (Wildman–Crippen LogP) is 1.09. The van der Waals surface area contributed by atoms with Crippen molar-refractivity contribution in [2.45, 2.75) is 5.92 Å². The molecular formula is C11H12O3. The summed E-state index contributed by atoms with van der Waals surface area (Å²) in [5, 5.41) is 17.9. The highest BCUT2D eigenvalue weighted by atomic mass is 16.4. The van der Waals surface area contributed by atoms with Crippen LogP contribution in [0.3, 0.4) is 0 Å². The summed E-state index contributed by atoms with van der Waals surface area (Å²) in [4.78, 5) is 10.8. The van der Waals surface area contributed by atoms with Crippen LogP contribution < -0.4 is 0 Å². The monoisotopic (exact) mass is 192 g/mol. The predicted molar refractivity (Wildman–Crippen MR) is 50.9 cm³/mol. The maximum atomic E-state index is 10.8. The van der Waals surface area contributed by atoms with Crippen LogP contribution in [0.15, 0.2) is 30.3 Å². The third-order valence-electron chi connectivity index (χ3n) is 2.85. The first-order valence-electron chi connectivity index (χ1n) is 4.64. The highest BCUT2D eigenvalue weighted by molar-refractivity contribution is 5.76. The Morgan fingerprint density at radius 1 is 1.29 bits per heavy atom. The number of carboxylic acids is 1. The molecule has 1 aromatic rings. The quantitative estimate of drug-likeness (QED) is 0.753. The Morgan fingerprint density at radius 3 is 2.36 bits per heavy atom. The molecule has 1 aliphatic rings. The summed E-state index contributed by atoms with van der Waals surface area (Å²) < 4.78 is 0. The Labute approximate surface area is 82.0 Å². The number of hydrogen-bond donors (Lipinski definition) is 2. The van der Waals surface area contributed by atoms with Crippen molar-refractivity contribution in [2.24, 2.45) is 11.8 Å². The van der Waals surface area contributed by atoms with Gasteiger partial charge in [0.1, 0.15) is 0 Å². The first-order valence-corrected chi connectivity index (χ1v) is 4.64. The molecule has 74 valence electrons. The van der Waals surface area contributed by atoms with Crippen molar-refractivity contribution in [3.63, 3.8) is 0 Å². The number of carbonyl (C=O) groups is 1. The van der Waals surface area contributed by atoms with Crippen LogP contribution >= 0.6 is 0 Å². The number of aliphatic carboxylic acids is 1. The molecule has 3 atom stereocenters. The first kappa shape index (κ1) is 9.21. The Kier molecular flexibility index (Phi) is 2.25. The van der Waals surface area contributed by atoms with E-state index in [1.54, 1.807) is 0 Å². The van der Waals surface area contributed by atoms with Crippen LogP contribution in [0.4, 0.5) is 0 Å². The van der Waals surface area contributed by atoms with Crippen LogP contribution in [0.2, 0.25) is 0 Å². The SMILES string of the molecule is O=C(O)C1C(CO)C1c1ccccc1. The van der Waals surface area contributed by atoms with Gasteiger partial charge in [-0.2, -0.15) is 0 Å². The molecule has 0 aliphatic heterocycles. The van der Waals surface area contributed by atoms with Gasteiger partial charge in [-0.15, -0.1) is 0 Å². The van der Waals surface area contributed by atoms with Crippen molar-refractivity contribution < 1.29 is 15.0 Å². The normalized spacial score (nSPS) is 29.9. The second-order valence-corrected chi connectivity index (χ2v) is 3.65. The van der Waals surface area contributed by atoms with Gasteiger partial charge in [0.15, 0.2) is 0 Å². The highest BCUT2D eigenvalue weighted by Gasteiger charge is 2.55. The molecule has 1 fully saturated rings. The standard InChI is InChI=1S/C11H12O3/c12-6-8-9(10(8)11(13)14)7-4-2-1-3-5-7/h1-5,8-10,12H,6H2,(H,13,14). The lowest BCUT2D eigenvalue weighted by Crippen LogP contribution is -2.01. The number of hydrogen-bond acceptors (Lipinski definition) is 2. The van der Waals surface area contributed by atoms with Crippen LogP contribution in [0.5, 0.6) is 0 Å². The summed E-state index contributed by atoms with van der Waals surface area (Å²) in [6.07, 6.45) is 0. The fourth-order valence-corrected chi connectivity index (χ4v) is 2.07. The Hall–Kier alpha value is -1.35. The number of carboxylic acid groups (broad SMARTS) is 1. The molecule has 14 heavy (non-hydrogen) atoms. The summed E-state index contributed by atoms with van der Waals surface area (Å²) in [7, 11) is 0. The van der Waals surface area contributed by atoms with E-state index in [2.05, 4.69) is 0 Å². The fourth-order valence-electron chi connectivity index (χ4n) is 2.07. The van der Waals surface area contributed by atoms with E-state index in [1.165, 1.54) is 0 Å². The van der Waals surface area contributed by atoms with E-state index in [1.807, 2.05) is 30.3 Å². The molecule has 0 spiro atoms. The first-order chi connectivity index (χ1) is 6.75. The maximum absolute atomic E-state index is 10.8. The molecule has 1 saturated carbocycles. The van der Waals surface area contributed by atoms with Gasteiger partial charge in [0.05, 0.1) is 5.92 Å². The van der Waals surface area contributed by atoms with Crippen molar-refractivity contribution in [1.82, 2.24) is 0 Å². The largest absolute Gasteiger partial charge is 0.481 e. The Balaban J connectivity index is 2.18. The lowest BCUT2D eigenvalue weighted by atomic mass is 10.1. The second kappa shape index (κ2) is 3.42. The summed E-state index contributed by atoms with van der Waals surface area (Å²) in [5.41, 5.74) is 1.01. The van der Waals surface area contributed by atoms with Crippen molar-refractivity contribution in [3.05, 3.63) is 35.9 Å². The van der Waals surface area contributed by atoms with Gasteiger partial charge >= 0.3 is 5.97 Å². The smallest absolute Gasteiger partial charge is 0.307 e. The van der Waals surface area contributed by atoms with E-state index >= 15 is 0 Å². The van der Waals surface area contributed by atoms with Gasteiger partial charge in [0.2, 0.25) is 0 Å². The minimum absolute atomic E-state index is 0.00120. The molecule has 1 aromatic carbocycles. The van der Waals surface area contributed by atoms with E-state index in [4.69, 9.17) is 10.2 Å². The molecule has 3 unspecified atom stereocenters. The zero-order valence-corrected chi connectivity index (χ0v) is 7.63. The van der Waals surface area contributed by atoms with Gasteiger partial charge < -0.3 is 10.2 Å². The number of aliphatic hydroxyl groups is 1. The van der Waals surface area contributed by atoms with E-state index in [-0.39, 0.29) is 18.4 Å². The molecule has 0 heterocycles. The summed E-state index contributed by atoms with van der Waals surface area (Å²) in [5.74, 6) is -1.31. The molecule has 1 aliphatic carbocycles. The topological polar surface area (TPSA) is 57.5 Å². The van der Waals surface area contributed by atoms with Gasteiger partial charge in [-0.1, -0.05) is 30.3 Å². The molecular weight excluding hydrogens is 180 g/mol. The molecule has 0 amide bonds. The third kappa shape index (κ3) is 1.40. The molecule has 0 radical (unpaired) electrons. The van der Waals surface area contributed by atoms with E-state index in [0.29, 0.717) is 0 Å². The fraction of sp³-hybridized carbons (Fsp3) is 0.364. The molecule has 0 bridgehead atoms. The Morgan fingerprint density at radius 2 is 1.93 bits per heavy atom. The van der Waals surface area contributed by atoms with Gasteiger partial charge in [-0.25, -0.2) is 0 Å². The number of aliphatic hydroxyl groups excluding tert-OH is 1. The molecule has 3 nitrogen and oxygen atoms in total. The molecule has 0 saturated heterocycles. The van der Waals surface area contributed by atoms with Crippen LogP contribution in [-0.4, -0.2) is 22.8 Å². The van der Waals surface area contributed by atoms with Crippen molar-refractivity contribution in [1.29, 1.82) is 0 Å². The van der Waals surface area contributed by atoms with E-state index in [9.17, 15) is 4.79 Å². The average Bonchev–Trinajstić information content (AvgIpc) is 2.93. The zero-order chi connectivity index (χ0) is 10.1. The molecule has 0 aromatic heterocycles. The summed E-state index contributed by atoms with van der Waals surface area (Å²) in [6, 6.07) is 9.50. The third-order valence-corrected chi connectivity index (χ3v) is 2.85. The number of rotatable bonds is 3. The van der Waals surface area contributed by atoms with E-state index in [0.717, 1.165) is 5.56 Å². The van der Waals surface area contributed by atoms with Crippen molar-refractivity contribution in [2.75, 3.05) is 6.61 Å². The molecule has 2 N–H and O–H groups in total. The second-order valence-electron chi connectivity index (χ2n) is 3.65. The summed E-state index contributed by atoms with van der Waals surface area (Å²) >= 11 is 0. The van der Waals surface area contributed by atoms with Gasteiger partial charge in [-0.3, -0.25) is 4.79 Å². The average molecular weight is 192 g/mol. The van der Waals surface area contributed by atoms with Crippen LogP contribution in [0.25, 0.3) is 0 Å². The van der Waals surface area contributed by atoms with Gasteiger partial charge in [0, 0.05) is 18.4 Å². The minimum Gasteiger partial charge on any atom is -0.481 e. The van der Waals surface area contributed by atoms with Gasteiger partial charge in [-0.05, 0) is 5.56 Å². The van der Waals surface area contributed by atoms with Crippen LogP contribution in [-0.2, 0) is 4.79 Å². The van der Waals surface area contributed by atoms with E-state index < -0.39 is 11.9 Å². The molecule has 3 heteroatoms. The van der Waals surface area contributed by atoms with Crippen molar-refractivity contribution in [3.8, 4) is 0 Å². The number of benzene rings is 1. The molecule has 2 rings (SSSR count). The van der Waals surface area contributed by atoms with Crippen LogP contribution in [0.1, 0.15) is 11.5 Å². The maximum Gasteiger partial charge on any atom is 0.307 e. The summed E-state index contributed by atoms with van der Waals surface area (Å²) in [6.45, 7) is -0.0451. The van der Waals surface area contributed by atoms with Gasteiger partial charge in [0.25, 0.3) is 0 Å². The lowest BCUT2D eigenvalue weighted by Gasteiger charge is -1.96. The van der Waals surface area contributed by atoms with Crippen molar-refractivity contribution >= 4 is 5.97 Å². The highest BCUT2D eigenvalue weighted by Crippen LogP contribution is 2.53. The van der Waals surface area contributed by atoms with Crippen LogP contribution in [0, 0.1) is 11.8 Å². The lowest BCUT2D eigenvalue weighted by molar-refractivity contribution is -0.139.